The van der Waals surface area contributed by atoms with E-state index in [-0.39, 0.29) is 17.9 Å². The van der Waals surface area contributed by atoms with Gasteiger partial charge in [0.15, 0.2) is 0 Å². The number of nitrogen functional groups attached to an aromatic ring is 1. The summed E-state index contributed by atoms with van der Waals surface area (Å²) in [6.07, 6.45) is 3.99. The zero-order chi connectivity index (χ0) is 14.7. The van der Waals surface area contributed by atoms with Gasteiger partial charge in [0.25, 0.3) is 0 Å². The Balaban J connectivity index is 1.97. The van der Waals surface area contributed by atoms with Crippen LogP contribution in [0.3, 0.4) is 0 Å². The Hall–Kier alpha value is -2.37. The number of halogens is 1. The second-order valence-electron chi connectivity index (χ2n) is 4.51. The van der Waals surface area contributed by atoms with E-state index in [0.29, 0.717) is 12.0 Å². The molecule has 20 heavy (non-hydrogen) atoms. The number of esters is 1. The van der Waals surface area contributed by atoms with Crippen molar-refractivity contribution in [1.29, 1.82) is 0 Å². The van der Waals surface area contributed by atoms with E-state index in [1.54, 1.807) is 13.1 Å². The third kappa shape index (κ3) is 2.96. The van der Waals surface area contributed by atoms with E-state index < -0.39 is 11.8 Å². The lowest BCUT2D eigenvalue weighted by Crippen LogP contribution is -2.11. The average Bonchev–Trinajstić information content (AvgIpc) is 2.81. The number of anilines is 1. The highest BCUT2D eigenvalue weighted by Crippen LogP contribution is 2.18. The lowest BCUT2D eigenvalue weighted by Gasteiger charge is -2.07. The maximum atomic E-state index is 13.5. The third-order valence-electron chi connectivity index (χ3n) is 3.10. The van der Waals surface area contributed by atoms with Crippen LogP contribution in [0.1, 0.15) is 21.7 Å². The van der Waals surface area contributed by atoms with Gasteiger partial charge in [-0.2, -0.15) is 0 Å². The topological polar surface area (TPSA) is 70.1 Å². The summed E-state index contributed by atoms with van der Waals surface area (Å²) in [5.41, 5.74) is 6.31. The predicted molar refractivity (Wildman–Crippen MR) is 72.7 cm³/mol. The molecule has 1 heterocycles. The van der Waals surface area contributed by atoms with Gasteiger partial charge in [-0.25, -0.2) is 14.2 Å². The minimum atomic E-state index is -0.593. The van der Waals surface area contributed by atoms with E-state index in [1.807, 2.05) is 17.8 Å². The fourth-order valence-corrected chi connectivity index (χ4v) is 1.77. The van der Waals surface area contributed by atoms with E-state index >= 15 is 0 Å². The van der Waals surface area contributed by atoms with Crippen molar-refractivity contribution in [1.82, 2.24) is 9.55 Å². The summed E-state index contributed by atoms with van der Waals surface area (Å²) >= 11 is 0. The molecular weight excluding hydrogens is 261 g/mol. The standard InChI is InChI=1S/C14H16FN3O2/c1-9-11(15)7-10(8-12(9)16)14(19)20-6-3-13-17-4-5-18(13)2/h4-5,7-8H,3,6,16H2,1-2H3. The highest BCUT2D eigenvalue weighted by molar-refractivity contribution is 5.90. The number of carbonyl (C=O) groups is 1. The smallest absolute Gasteiger partial charge is 0.338 e. The van der Waals surface area contributed by atoms with Crippen LogP contribution in [0, 0.1) is 12.7 Å². The minimum absolute atomic E-state index is 0.116. The second kappa shape index (κ2) is 5.73. The van der Waals surface area contributed by atoms with Gasteiger partial charge in [-0.3, -0.25) is 0 Å². The molecule has 0 aliphatic carbocycles. The third-order valence-corrected chi connectivity index (χ3v) is 3.10. The van der Waals surface area contributed by atoms with Crippen LogP contribution in [-0.4, -0.2) is 22.1 Å². The molecule has 0 amide bonds. The molecule has 0 aliphatic rings. The number of ether oxygens (including phenoxy) is 1. The van der Waals surface area contributed by atoms with Gasteiger partial charge in [0, 0.05) is 37.1 Å². The van der Waals surface area contributed by atoms with Crippen molar-refractivity contribution in [3.8, 4) is 0 Å². The summed E-state index contributed by atoms with van der Waals surface area (Å²) in [6.45, 7) is 1.74. The van der Waals surface area contributed by atoms with Gasteiger partial charge in [0.1, 0.15) is 11.6 Å². The van der Waals surface area contributed by atoms with Crippen molar-refractivity contribution in [2.75, 3.05) is 12.3 Å². The van der Waals surface area contributed by atoms with Crippen LogP contribution in [0.15, 0.2) is 24.5 Å². The van der Waals surface area contributed by atoms with Gasteiger partial charge in [-0.15, -0.1) is 0 Å². The molecule has 0 fully saturated rings. The number of carbonyl (C=O) groups excluding carboxylic acids is 1. The van der Waals surface area contributed by atoms with E-state index in [4.69, 9.17) is 10.5 Å². The average molecular weight is 277 g/mol. The molecule has 2 rings (SSSR count). The molecule has 1 aromatic heterocycles. The molecule has 0 radical (unpaired) electrons. The molecule has 0 spiro atoms. The number of rotatable bonds is 4. The van der Waals surface area contributed by atoms with Crippen molar-refractivity contribution in [2.24, 2.45) is 7.05 Å². The number of hydrogen-bond donors (Lipinski definition) is 1. The molecule has 0 unspecified atom stereocenters. The molecule has 2 aromatic rings. The van der Waals surface area contributed by atoms with Crippen molar-refractivity contribution < 1.29 is 13.9 Å². The zero-order valence-corrected chi connectivity index (χ0v) is 11.4. The second-order valence-corrected chi connectivity index (χ2v) is 4.51. The summed E-state index contributed by atoms with van der Waals surface area (Å²) in [7, 11) is 1.86. The van der Waals surface area contributed by atoms with Gasteiger partial charge in [-0.1, -0.05) is 0 Å². The van der Waals surface area contributed by atoms with E-state index in [9.17, 15) is 9.18 Å². The maximum Gasteiger partial charge on any atom is 0.338 e. The molecule has 5 nitrogen and oxygen atoms in total. The number of nitrogens with two attached hydrogens (primary N) is 1. The molecule has 2 N–H and O–H groups in total. The quantitative estimate of drug-likeness (QED) is 0.684. The Labute approximate surface area is 116 Å². The number of aryl methyl sites for hydroxylation is 1. The van der Waals surface area contributed by atoms with E-state index in [1.165, 1.54) is 6.07 Å². The lowest BCUT2D eigenvalue weighted by molar-refractivity contribution is 0.0506. The highest BCUT2D eigenvalue weighted by atomic mass is 19.1. The number of imidazole rings is 1. The normalized spacial score (nSPS) is 10.6. The Morgan fingerprint density at radius 2 is 2.25 bits per heavy atom. The van der Waals surface area contributed by atoms with Gasteiger partial charge < -0.3 is 15.0 Å². The fourth-order valence-electron chi connectivity index (χ4n) is 1.77. The van der Waals surface area contributed by atoms with Crippen LogP contribution in [0.2, 0.25) is 0 Å². The molecule has 106 valence electrons. The van der Waals surface area contributed by atoms with Crippen molar-refractivity contribution >= 4 is 11.7 Å². The number of hydrogen-bond acceptors (Lipinski definition) is 4. The fraction of sp³-hybridized carbons (Fsp3) is 0.286. The maximum absolute atomic E-state index is 13.5. The van der Waals surface area contributed by atoms with Crippen molar-refractivity contribution in [2.45, 2.75) is 13.3 Å². The number of benzene rings is 1. The minimum Gasteiger partial charge on any atom is -0.462 e. The first-order valence-electron chi connectivity index (χ1n) is 6.18. The molecule has 0 aliphatic heterocycles. The monoisotopic (exact) mass is 277 g/mol. The molecular formula is C14H16FN3O2. The van der Waals surface area contributed by atoms with Gasteiger partial charge >= 0.3 is 5.97 Å². The Kier molecular flexibility index (Phi) is 4.02. The predicted octanol–water partition coefficient (Wildman–Crippen LogP) is 1.85. The van der Waals surface area contributed by atoms with Gasteiger partial charge in [0.2, 0.25) is 0 Å². The number of nitrogens with zero attached hydrogens (tertiary/aromatic N) is 2. The largest absolute Gasteiger partial charge is 0.462 e. The Morgan fingerprint density at radius 3 is 2.85 bits per heavy atom. The molecule has 0 saturated heterocycles. The first kappa shape index (κ1) is 14.0. The van der Waals surface area contributed by atoms with Crippen LogP contribution in [0.4, 0.5) is 10.1 Å². The van der Waals surface area contributed by atoms with Crippen molar-refractivity contribution in [3.05, 3.63) is 47.3 Å². The van der Waals surface area contributed by atoms with E-state index in [0.717, 1.165) is 11.9 Å². The van der Waals surface area contributed by atoms with Gasteiger partial charge in [0.05, 0.1) is 12.2 Å². The van der Waals surface area contributed by atoms with Crippen LogP contribution in [0.5, 0.6) is 0 Å². The summed E-state index contributed by atoms with van der Waals surface area (Å²) in [5.74, 6) is -0.293. The van der Waals surface area contributed by atoms with E-state index in [2.05, 4.69) is 4.98 Å². The zero-order valence-electron chi connectivity index (χ0n) is 11.4. The van der Waals surface area contributed by atoms with Crippen LogP contribution < -0.4 is 5.73 Å². The first-order valence-corrected chi connectivity index (χ1v) is 6.18. The summed E-state index contributed by atoms with van der Waals surface area (Å²) < 4.78 is 20.4. The Morgan fingerprint density at radius 1 is 1.50 bits per heavy atom. The summed E-state index contributed by atoms with van der Waals surface area (Å²) in [5, 5.41) is 0. The molecule has 6 heteroatoms. The Bertz CT molecular complexity index is 614. The molecule has 0 bridgehead atoms. The molecule has 0 saturated carbocycles. The molecule has 0 atom stereocenters. The summed E-state index contributed by atoms with van der Waals surface area (Å²) in [4.78, 5) is 15.9. The van der Waals surface area contributed by atoms with Gasteiger partial charge in [-0.05, 0) is 19.1 Å². The SMILES string of the molecule is Cc1c(N)cc(C(=O)OCCc2nccn2C)cc1F. The molecule has 1 aromatic carbocycles. The lowest BCUT2D eigenvalue weighted by atomic mass is 10.1. The summed E-state index contributed by atoms with van der Waals surface area (Å²) in [6, 6.07) is 2.55. The highest BCUT2D eigenvalue weighted by Gasteiger charge is 2.12. The van der Waals surface area contributed by atoms with Crippen LogP contribution in [-0.2, 0) is 18.2 Å². The first-order chi connectivity index (χ1) is 9.49. The van der Waals surface area contributed by atoms with Crippen LogP contribution in [0.25, 0.3) is 0 Å². The van der Waals surface area contributed by atoms with Crippen LogP contribution >= 0.6 is 0 Å². The van der Waals surface area contributed by atoms with Crippen molar-refractivity contribution in [3.63, 3.8) is 0 Å². The number of aromatic nitrogens is 2.